The Bertz CT molecular complexity index is 2230. The third-order valence-electron chi connectivity index (χ3n) is 17.7. The zero-order chi connectivity index (χ0) is 68.9. The van der Waals surface area contributed by atoms with Gasteiger partial charge in [0.1, 0.15) is 146 Å². The van der Waals surface area contributed by atoms with E-state index in [0.717, 1.165) is 26.0 Å². The summed E-state index contributed by atoms with van der Waals surface area (Å²) in [5.74, 6) is -1.95. The second kappa shape index (κ2) is 36.1. The Kier molecular flexibility index (Phi) is 30.0. The highest BCUT2D eigenvalue weighted by Crippen LogP contribution is 2.36. The fraction of sp³-hybridized carbons (Fsp3) is 0.842. The number of hydrogen-bond acceptors (Lipinski definition) is 33. The molecule has 6 saturated heterocycles. The average Bonchev–Trinajstić information content (AvgIpc) is 0.877. The van der Waals surface area contributed by atoms with Crippen LogP contribution in [0.1, 0.15) is 40.0 Å². The number of rotatable bonds is 31. The fourth-order valence-corrected chi connectivity index (χ4v) is 17.7. The van der Waals surface area contributed by atoms with E-state index in [1.54, 1.807) is 6.07 Å². The average molecular weight is 1380 g/mol. The molecule has 94 heavy (non-hydrogen) atoms. The molecule has 0 unspecified atom stereocenters. The minimum atomic E-state index is -3.03. The molecule has 3 amide bonds. The summed E-state index contributed by atoms with van der Waals surface area (Å²) in [4.78, 5) is 38.0. The van der Waals surface area contributed by atoms with Crippen molar-refractivity contribution in [1.82, 2.24) is 16.0 Å². The van der Waals surface area contributed by atoms with Gasteiger partial charge in [-0.25, -0.2) is 0 Å². The van der Waals surface area contributed by atoms with Crippen LogP contribution in [0.5, 0.6) is 0 Å². The van der Waals surface area contributed by atoms with Crippen LogP contribution >= 0.6 is 0 Å². The third-order valence-corrected chi connectivity index (χ3v) is 23.2. The predicted octanol–water partition coefficient (Wildman–Crippen LogP) is -11.1. The van der Waals surface area contributed by atoms with Crippen LogP contribution in [-0.4, -0.2) is 361 Å². The molecule has 0 bridgehead atoms. The summed E-state index contributed by atoms with van der Waals surface area (Å²) in [7, 11) is -3.03. The summed E-state index contributed by atoms with van der Waals surface area (Å²) < 4.78 is 71.1. The van der Waals surface area contributed by atoms with E-state index in [1.165, 1.54) is 0 Å². The lowest BCUT2D eigenvalue weighted by Gasteiger charge is -2.47. The standard InChI is InChI=1S/C57H95N3O33Si/c1-24(67)58-34-40(73)49(91-55-46(79)43(76)37(70)28(18-61)85-55)31(21-64)88-52(34)82-12-7-15-94(27-10-5-4-6-11-27,16-8-13-83-53-35(59-25(2)68)41(74)50(32(22-65)89-53)92-56-47(80)44(77)38(71)29(19-62)86-56)17-9-14-84-54-36(60-26(3)69)42(75)51(33(23-66)90-54)93-57-48(81)45(78)39(72)30(20-63)87-57/h4-6,10-11,28-57,61-66,70-81H,7-9,12-23H2,1-3H3,(H,58,67)(H,59,68)(H,60,69)/t28-,29-,30-,31-,32-,33-,34-,35-,36-,37+,38+,39+,40-,41-,42-,43+,44+,45+,46-,47-,48-,49-,50-,51-,52-,53-,54-,55+,56+,57+/m1/s1. The van der Waals surface area contributed by atoms with Crippen molar-refractivity contribution in [1.29, 1.82) is 0 Å². The van der Waals surface area contributed by atoms with Crippen LogP contribution in [0, 0.1) is 0 Å². The highest BCUT2D eigenvalue weighted by atomic mass is 28.3. The summed E-state index contributed by atoms with van der Waals surface area (Å²) in [5.41, 5.74) is 0. The highest BCUT2D eigenvalue weighted by Gasteiger charge is 2.55. The Labute approximate surface area is 540 Å². The molecule has 6 heterocycles. The maximum Gasteiger partial charge on any atom is 0.217 e. The monoisotopic (exact) mass is 1380 g/mol. The van der Waals surface area contributed by atoms with Gasteiger partial charge in [-0.2, -0.15) is 0 Å². The molecule has 21 N–H and O–H groups in total. The highest BCUT2D eigenvalue weighted by molar-refractivity contribution is 6.91. The van der Waals surface area contributed by atoms with Crippen molar-refractivity contribution in [2.75, 3.05) is 59.5 Å². The Morgan fingerprint density at radius 3 is 0.862 bits per heavy atom. The number of hydrogen-bond donors (Lipinski definition) is 21. The van der Waals surface area contributed by atoms with Crippen molar-refractivity contribution in [3.05, 3.63) is 30.3 Å². The Morgan fingerprint density at radius 1 is 0.362 bits per heavy atom. The second-order valence-corrected chi connectivity index (χ2v) is 28.9. The van der Waals surface area contributed by atoms with Crippen LogP contribution in [0.15, 0.2) is 30.3 Å². The van der Waals surface area contributed by atoms with E-state index in [1.807, 2.05) is 24.3 Å². The summed E-state index contributed by atoms with van der Waals surface area (Å²) in [5, 5.41) is 200. The lowest BCUT2D eigenvalue weighted by atomic mass is 9.95. The van der Waals surface area contributed by atoms with Crippen molar-refractivity contribution >= 4 is 31.0 Å². The van der Waals surface area contributed by atoms with Gasteiger partial charge in [0, 0.05) is 40.6 Å². The van der Waals surface area contributed by atoms with Gasteiger partial charge in [-0.1, -0.05) is 53.7 Å². The van der Waals surface area contributed by atoms with Gasteiger partial charge in [0.05, 0.1) is 47.7 Å². The first kappa shape index (κ1) is 78.0. The van der Waals surface area contributed by atoms with Crippen molar-refractivity contribution in [2.45, 2.75) is 242 Å². The molecule has 6 fully saturated rings. The van der Waals surface area contributed by atoms with Gasteiger partial charge in [-0.15, -0.1) is 0 Å². The number of nitrogens with one attached hydrogen (secondary N) is 3. The van der Waals surface area contributed by atoms with E-state index >= 15 is 0 Å². The van der Waals surface area contributed by atoms with Gasteiger partial charge in [0.15, 0.2) is 37.7 Å². The van der Waals surface area contributed by atoms with Crippen LogP contribution in [-0.2, 0) is 71.2 Å². The van der Waals surface area contributed by atoms with E-state index in [-0.39, 0.29) is 39.1 Å². The largest absolute Gasteiger partial charge is 0.394 e. The first-order chi connectivity index (χ1) is 44.8. The molecule has 37 heteroatoms. The van der Waals surface area contributed by atoms with Crippen LogP contribution in [0.3, 0.4) is 0 Å². The lowest BCUT2D eigenvalue weighted by molar-refractivity contribution is -0.348. The lowest BCUT2D eigenvalue weighted by Crippen LogP contribution is -2.67. The molecule has 7 rings (SSSR count). The van der Waals surface area contributed by atoms with Crippen molar-refractivity contribution in [2.24, 2.45) is 0 Å². The number of ether oxygens (including phenoxy) is 12. The molecule has 0 aromatic heterocycles. The second-order valence-electron chi connectivity index (χ2n) is 24.3. The van der Waals surface area contributed by atoms with E-state index in [4.69, 9.17) is 56.8 Å². The molecule has 0 saturated carbocycles. The summed E-state index contributed by atoms with van der Waals surface area (Å²) in [6, 6.07) is 6.31. The zero-order valence-electron chi connectivity index (χ0n) is 52.0. The van der Waals surface area contributed by atoms with Gasteiger partial charge in [0.25, 0.3) is 0 Å². The zero-order valence-corrected chi connectivity index (χ0v) is 53.0. The van der Waals surface area contributed by atoms with Crippen molar-refractivity contribution in [3.8, 4) is 0 Å². The normalized spacial score (nSPS) is 41.4. The summed E-state index contributed by atoms with van der Waals surface area (Å²) in [6.07, 6.45) is -43.9. The molecule has 1 aromatic rings. The molecule has 0 spiro atoms. The van der Waals surface area contributed by atoms with E-state index in [2.05, 4.69) is 16.0 Å². The molecule has 36 nitrogen and oxygen atoms in total. The van der Waals surface area contributed by atoms with E-state index in [0.29, 0.717) is 18.1 Å². The first-order valence-electron chi connectivity index (χ1n) is 31.2. The Morgan fingerprint density at radius 2 is 0.617 bits per heavy atom. The molecule has 6 aliphatic heterocycles. The minimum absolute atomic E-state index is 0.124. The quantitative estimate of drug-likeness (QED) is 0.0242. The number of carbonyl (C=O) groups is 3. The van der Waals surface area contributed by atoms with Crippen LogP contribution in [0.25, 0.3) is 0 Å². The number of carbonyl (C=O) groups excluding carboxylic acids is 3. The number of benzene rings is 1. The maximum absolute atomic E-state index is 12.7. The van der Waals surface area contributed by atoms with Gasteiger partial charge in [0.2, 0.25) is 17.7 Å². The van der Waals surface area contributed by atoms with Crippen LogP contribution in [0.2, 0.25) is 18.1 Å². The predicted molar refractivity (Wildman–Crippen MR) is 312 cm³/mol. The molecular formula is C57H95N3O33Si. The fourth-order valence-electron chi connectivity index (χ4n) is 12.7. The Hall–Kier alpha value is -3.35. The van der Waals surface area contributed by atoms with E-state index in [9.17, 15) is 106 Å². The smallest absolute Gasteiger partial charge is 0.217 e. The van der Waals surface area contributed by atoms with E-state index < -0.39 is 249 Å². The summed E-state index contributed by atoms with van der Waals surface area (Å²) in [6.45, 7) is -1.76. The van der Waals surface area contributed by atoms with Crippen molar-refractivity contribution in [3.63, 3.8) is 0 Å². The molecule has 30 atom stereocenters. The molecule has 1 aromatic carbocycles. The molecule has 0 radical (unpaired) electrons. The first-order valence-corrected chi connectivity index (χ1v) is 33.8. The van der Waals surface area contributed by atoms with Gasteiger partial charge in [-0.3, -0.25) is 14.4 Å². The van der Waals surface area contributed by atoms with Crippen molar-refractivity contribution < 1.29 is 163 Å². The Balaban J connectivity index is 1.11. The van der Waals surface area contributed by atoms with Crippen LogP contribution < -0.4 is 21.1 Å². The van der Waals surface area contributed by atoms with Gasteiger partial charge in [-0.05, 0) is 19.3 Å². The third kappa shape index (κ3) is 18.7. The minimum Gasteiger partial charge on any atom is -0.394 e. The molecule has 6 aliphatic rings. The molecule has 0 aliphatic carbocycles. The number of aliphatic hydroxyl groups excluding tert-OH is 18. The molecular weight excluding hydrogens is 1280 g/mol. The SMILES string of the molecule is CC(=O)N[C@H]1[C@H](OCCC[Si](CCCO[C@@H]2O[C@H](CO)[C@@H](O[C@@H]3O[C@H](CO)[C@H](O)[C@H](O)[C@H]3O)[C@H](O)[C@H]2NC(C)=O)(CCCO[C@@H]2O[C@H](CO)[C@@H](O[C@@H]3O[C@H](CO)[C@H](O)[C@H](O)[C@H]3O)[C@H](O)[C@H]2NC(C)=O)c2ccccc2)O[C@H](CO)[C@@H](O[C@@H]2O[C@H](CO)[C@H](O)[C@H](O)[C@H]2O)[C@@H]1O. The van der Waals surface area contributed by atoms with Crippen LogP contribution in [0.4, 0.5) is 0 Å². The number of amides is 3. The summed E-state index contributed by atoms with van der Waals surface area (Å²) >= 11 is 0. The topological polar surface area (TPSA) is 562 Å². The number of aliphatic hydroxyl groups is 18. The van der Waals surface area contributed by atoms with Gasteiger partial charge >= 0.3 is 0 Å². The van der Waals surface area contributed by atoms with Gasteiger partial charge < -0.3 is 165 Å². The maximum atomic E-state index is 12.7. The molecule has 540 valence electrons.